The highest BCUT2D eigenvalue weighted by Crippen LogP contribution is 2.47. The summed E-state index contributed by atoms with van der Waals surface area (Å²) in [5, 5.41) is 31.8. The van der Waals surface area contributed by atoms with Crippen molar-refractivity contribution in [3.8, 4) is 11.5 Å². The van der Waals surface area contributed by atoms with Crippen molar-refractivity contribution in [2.24, 2.45) is 0 Å². The molecule has 1 aliphatic heterocycles. The van der Waals surface area contributed by atoms with Crippen LogP contribution in [0.25, 0.3) is 0 Å². The number of benzene rings is 2. The second-order valence-corrected chi connectivity index (χ2v) is 10.4. The Kier molecular flexibility index (Phi) is 4.04. The smallest absolute Gasteiger partial charge is 0.198 e. The molecule has 3 N–H and O–H groups in total. The van der Waals surface area contributed by atoms with Crippen LogP contribution < -0.4 is 0 Å². The van der Waals surface area contributed by atoms with E-state index in [1.165, 1.54) is 6.07 Å². The maximum atomic E-state index is 13.5. The molecule has 1 atom stereocenters. The molecule has 0 fully saturated rings. The lowest BCUT2D eigenvalue weighted by Crippen LogP contribution is -2.25. The molecule has 0 unspecified atom stereocenters. The van der Waals surface area contributed by atoms with Gasteiger partial charge in [0.1, 0.15) is 11.5 Å². The highest BCUT2D eigenvalue weighted by molar-refractivity contribution is 7.91. The van der Waals surface area contributed by atoms with Crippen molar-refractivity contribution in [2.45, 2.75) is 44.1 Å². The summed E-state index contributed by atoms with van der Waals surface area (Å²) >= 11 is 0. The normalized spacial score (nSPS) is 19.3. The molecule has 0 amide bonds. The van der Waals surface area contributed by atoms with Crippen molar-refractivity contribution < 1.29 is 33.3 Å². The number of aliphatic hydroxyl groups excluding tert-OH is 1. The lowest BCUT2D eigenvalue weighted by atomic mass is 9.76. The summed E-state index contributed by atoms with van der Waals surface area (Å²) in [7, 11) is -3.55. The molecule has 0 saturated carbocycles. The molecular weight excluding hydrogens is 420 g/mol. The molecule has 0 aromatic heterocycles. The van der Waals surface area contributed by atoms with Crippen LogP contribution in [0.3, 0.4) is 0 Å². The molecular formula is C23H20O7S. The van der Waals surface area contributed by atoms with Crippen molar-refractivity contribution in [1.82, 2.24) is 0 Å². The first-order valence-corrected chi connectivity index (χ1v) is 11.6. The summed E-state index contributed by atoms with van der Waals surface area (Å²) in [5.41, 5.74) is 1.49. The number of sulfone groups is 1. The fourth-order valence-corrected chi connectivity index (χ4v) is 6.89. The Balaban J connectivity index is 1.80. The van der Waals surface area contributed by atoms with E-state index in [0.717, 1.165) is 0 Å². The lowest BCUT2D eigenvalue weighted by Gasteiger charge is -2.28. The molecule has 8 heteroatoms. The second-order valence-electron chi connectivity index (χ2n) is 8.39. The zero-order valence-corrected chi connectivity index (χ0v) is 17.8. The van der Waals surface area contributed by atoms with Gasteiger partial charge in [0.05, 0.1) is 27.9 Å². The number of phenols is 2. The minimum atomic E-state index is -3.55. The van der Waals surface area contributed by atoms with Crippen LogP contribution in [0, 0.1) is 6.92 Å². The monoisotopic (exact) mass is 440 g/mol. The van der Waals surface area contributed by atoms with Gasteiger partial charge < -0.3 is 15.3 Å². The molecule has 31 heavy (non-hydrogen) atoms. The van der Waals surface area contributed by atoms with E-state index in [1.807, 2.05) is 0 Å². The lowest BCUT2D eigenvalue weighted by molar-refractivity contribution is 0.0972. The Labute approximate surface area is 178 Å². The number of phenolic OH excluding ortho intramolecular Hbond substituents is 2. The maximum Gasteiger partial charge on any atom is 0.198 e. The third-order valence-corrected chi connectivity index (χ3v) is 8.50. The largest absolute Gasteiger partial charge is 0.507 e. The van der Waals surface area contributed by atoms with Crippen LogP contribution in [0.1, 0.15) is 61.0 Å². The van der Waals surface area contributed by atoms with E-state index >= 15 is 0 Å². The van der Waals surface area contributed by atoms with Gasteiger partial charge in [-0.1, -0.05) is 6.08 Å². The van der Waals surface area contributed by atoms with E-state index in [1.54, 1.807) is 19.9 Å². The van der Waals surface area contributed by atoms with Gasteiger partial charge in [-0.05, 0) is 55.9 Å². The molecule has 2 aromatic carbocycles. The molecule has 0 radical (unpaired) electrons. The molecule has 5 rings (SSSR count). The van der Waals surface area contributed by atoms with Crippen LogP contribution in [0.5, 0.6) is 11.5 Å². The Hall–Kier alpha value is -2.97. The standard InChI is InChI=1S/C23H20O7S/c1-9-7-15-16(13-5-6-31(29,30)23(9)13)22(28)18-17(21(15)27)19(25)12-4-3-11(10(2)24)8-14(12)20(18)26/h3,7,10,24-26H,4-6,8H2,1-2H3/t10-/m0/s1. The molecule has 3 aliphatic rings. The summed E-state index contributed by atoms with van der Waals surface area (Å²) in [5.74, 6) is -2.16. The van der Waals surface area contributed by atoms with E-state index in [-0.39, 0.29) is 57.9 Å². The minimum absolute atomic E-state index is 0.00377. The number of fused-ring (bicyclic) bond motifs is 5. The van der Waals surface area contributed by atoms with Gasteiger partial charge in [0, 0.05) is 22.3 Å². The quantitative estimate of drug-likeness (QED) is 0.389. The van der Waals surface area contributed by atoms with Gasteiger partial charge in [-0.2, -0.15) is 0 Å². The number of ketones is 2. The summed E-state index contributed by atoms with van der Waals surface area (Å²) in [6.07, 6.45) is 1.43. The van der Waals surface area contributed by atoms with Crippen molar-refractivity contribution in [3.05, 3.63) is 62.2 Å². The number of hydrogen-bond donors (Lipinski definition) is 3. The second kappa shape index (κ2) is 6.27. The van der Waals surface area contributed by atoms with E-state index in [0.29, 0.717) is 27.8 Å². The van der Waals surface area contributed by atoms with Crippen LogP contribution in [-0.4, -0.2) is 47.2 Å². The number of rotatable bonds is 1. The summed E-state index contributed by atoms with van der Waals surface area (Å²) in [4.78, 5) is 27.0. The molecule has 0 saturated heterocycles. The molecule has 160 valence electrons. The van der Waals surface area contributed by atoms with Crippen LogP contribution in [-0.2, 0) is 29.1 Å². The minimum Gasteiger partial charge on any atom is -0.507 e. The Morgan fingerprint density at radius 2 is 1.61 bits per heavy atom. The van der Waals surface area contributed by atoms with E-state index in [2.05, 4.69) is 0 Å². The number of hydrogen-bond acceptors (Lipinski definition) is 7. The predicted molar refractivity (Wildman–Crippen MR) is 111 cm³/mol. The first-order chi connectivity index (χ1) is 14.5. The summed E-state index contributed by atoms with van der Waals surface area (Å²) < 4.78 is 25.0. The highest BCUT2D eigenvalue weighted by atomic mass is 32.2. The van der Waals surface area contributed by atoms with E-state index in [9.17, 15) is 33.3 Å². The van der Waals surface area contributed by atoms with Gasteiger partial charge >= 0.3 is 0 Å². The zero-order chi connectivity index (χ0) is 22.4. The van der Waals surface area contributed by atoms with Gasteiger partial charge in [0.15, 0.2) is 21.4 Å². The van der Waals surface area contributed by atoms with Crippen LogP contribution in [0.4, 0.5) is 0 Å². The van der Waals surface area contributed by atoms with Crippen LogP contribution in [0.2, 0.25) is 0 Å². The number of aryl methyl sites for hydroxylation is 1. The Morgan fingerprint density at radius 1 is 0.968 bits per heavy atom. The fraction of sp³-hybridized carbons (Fsp3) is 0.304. The van der Waals surface area contributed by atoms with E-state index in [4.69, 9.17) is 0 Å². The van der Waals surface area contributed by atoms with Gasteiger partial charge in [0.2, 0.25) is 0 Å². The summed E-state index contributed by atoms with van der Waals surface area (Å²) in [6.45, 7) is 3.17. The van der Waals surface area contributed by atoms with E-state index < -0.39 is 33.3 Å². The molecule has 2 aliphatic carbocycles. The van der Waals surface area contributed by atoms with Crippen LogP contribution >= 0.6 is 0 Å². The first kappa shape index (κ1) is 20.0. The SMILES string of the molecule is Cc1cc2c(c3c1S(=O)(=O)CC3)C(=O)c1c(O)c3c(c(O)c1C2=O)CC=C([C@H](C)O)C3. The number of allylic oxidation sites excluding steroid dienone is 1. The van der Waals surface area contributed by atoms with Crippen molar-refractivity contribution >= 4 is 21.4 Å². The molecule has 0 bridgehead atoms. The molecule has 1 heterocycles. The molecule has 2 aromatic rings. The van der Waals surface area contributed by atoms with Gasteiger partial charge in [-0.3, -0.25) is 9.59 Å². The topological polar surface area (TPSA) is 129 Å². The fourth-order valence-electron chi connectivity index (χ4n) is 5.08. The molecule has 7 nitrogen and oxygen atoms in total. The number of aromatic hydroxyl groups is 2. The van der Waals surface area contributed by atoms with Crippen molar-refractivity contribution in [1.29, 1.82) is 0 Å². The zero-order valence-electron chi connectivity index (χ0n) is 16.9. The first-order valence-electron chi connectivity index (χ1n) is 9.99. The highest BCUT2D eigenvalue weighted by Gasteiger charge is 2.43. The number of aliphatic hydroxyl groups is 1. The van der Waals surface area contributed by atoms with Gasteiger partial charge in [-0.25, -0.2) is 8.42 Å². The maximum absolute atomic E-state index is 13.5. The third-order valence-electron chi connectivity index (χ3n) is 6.57. The number of carbonyl (C=O) groups is 2. The average Bonchev–Trinajstić information content (AvgIpc) is 3.04. The molecule has 0 spiro atoms. The van der Waals surface area contributed by atoms with Gasteiger partial charge in [0.25, 0.3) is 0 Å². The third kappa shape index (κ3) is 2.52. The number of carbonyl (C=O) groups excluding carboxylic acids is 2. The average molecular weight is 440 g/mol. The van der Waals surface area contributed by atoms with Crippen molar-refractivity contribution in [3.63, 3.8) is 0 Å². The Bertz CT molecular complexity index is 1380. The predicted octanol–water partition coefficient (Wildman–Crippen LogP) is 1.92. The van der Waals surface area contributed by atoms with Crippen molar-refractivity contribution in [2.75, 3.05) is 5.75 Å². The summed E-state index contributed by atoms with van der Waals surface area (Å²) in [6, 6.07) is 1.39. The van der Waals surface area contributed by atoms with Crippen LogP contribution in [0.15, 0.2) is 22.6 Å². The van der Waals surface area contributed by atoms with Gasteiger partial charge in [-0.15, -0.1) is 0 Å². The Morgan fingerprint density at radius 3 is 2.29 bits per heavy atom.